The number of fused-ring (bicyclic) bond motifs is 1. The Labute approximate surface area is 336 Å². The molecule has 4 amide bonds. The molecule has 0 saturated carbocycles. The Morgan fingerprint density at radius 1 is 1.00 bits per heavy atom. The normalized spacial score (nSPS) is 20.5. The van der Waals surface area contributed by atoms with E-state index in [-0.39, 0.29) is 67.9 Å². The number of hydrogen-bond acceptors (Lipinski definition) is 8. The number of morpholine rings is 1. The monoisotopic (exact) mass is 780 g/mol. The van der Waals surface area contributed by atoms with Gasteiger partial charge in [-0.1, -0.05) is 61.2 Å². The Hall–Kier alpha value is -5.40. The smallest absolute Gasteiger partial charge is 0.315 e. The van der Waals surface area contributed by atoms with Gasteiger partial charge in [-0.25, -0.2) is 4.79 Å². The van der Waals surface area contributed by atoms with Crippen LogP contribution >= 0.6 is 0 Å². The van der Waals surface area contributed by atoms with Crippen LogP contribution in [0.15, 0.2) is 85.5 Å². The van der Waals surface area contributed by atoms with Gasteiger partial charge in [0.1, 0.15) is 18.0 Å². The third-order valence-corrected chi connectivity index (χ3v) is 11.7. The molecule has 13 heteroatoms. The SMILES string of the molecule is C=CC[NH2+]CC(=O)CC1C[C@@H](Cc2ccc(O)cc2)C(=O)N(Cc2cccc3c2N(C)C(C)(C)N3CC(=O)N2CCOCC2)C[C@@H]1NC(=O)NCc1ccccc1. The predicted octanol–water partition coefficient (Wildman–Crippen LogP) is 3.03. The minimum Gasteiger partial charge on any atom is -0.508 e. The first-order valence-corrected chi connectivity index (χ1v) is 20.0. The molecule has 304 valence electrons. The quantitative estimate of drug-likeness (QED) is 0.136. The molecule has 3 heterocycles. The molecule has 3 aliphatic heterocycles. The molecule has 0 aromatic heterocycles. The second-order valence-electron chi connectivity index (χ2n) is 15.9. The number of nitrogens with zero attached hydrogens (tertiary/aromatic N) is 4. The Bertz CT molecular complexity index is 1880. The summed E-state index contributed by atoms with van der Waals surface area (Å²) in [6, 6.07) is 21.7. The zero-order chi connectivity index (χ0) is 40.5. The van der Waals surface area contributed by atoms with Gasteiger partial charge in [-0.2, -0.15) is 0 Å². The second-order valence-corrected chi connectivity index (χ2v) is 15.9. The lowest BCUT2D eigenvalue weighted by molar-refractivity contribution is -0.634. The fourth-order valence-electron chi connectivity index (χ4n) is 8.31. The second kappa shape index (κ2) is 18.7. The number of carbonyl (C=O) groups excluding carboxylic acids is 4. The number of nitrogens with one attached hydrogen (secondary N) is 2. The number of phenolic OH excluding ortho intramolecular Hbond substituents is 1. The number of quaternary nitrogens is 1. The number of hydrogen-bond donors (Lipinski definition) is 4. The van der Waals surface area contributed by atoms with Crippen molar-refractivity contribution in [2.45, 2.75) is 57.9 Å². The molecular weight excluding hydrogens is 723 g/mol. The number of para-hydroxylation sites is 1. The van der Waals surface area contributed by atoms with Gasteiger partial charge in [0.25, 0.3) is 0 Å². The highest BCUT2D eigenvalue weighted by atomic mass is 16.5. The number of ketones is 1. The molecule has 5 N–H and O–H groups in total. The predicted molar refractivity (Wildman–Crippen MR) is 220 cm³/mol. The number of amides is 4. The van der Waals surface area contributed by atoms with Gasteiger partial charge >= 0.3 is 6.03 Å². The highest BCUT2D eigenvalue weighted by molar-refractivity contribution is 5.89. The maximum atomic E-state index is 14.9. The molecule has 13 nitrogen and oxygen atoms in total. The van der Waals surface area contributed by atoms with E-state index in [9.17, 15) is 24.3 Å². The lowest BCUT2D eigenvalue weighted by atomic mass is 9.83. The summed E-state index contributed by atoms with van der Waals surface area (Å²) in [5.74, 6) is -0.651. The summed E-state index contributed by atoms with van der Waals surface area (Å²) in [5, 5.41) is 18.1. The van der Waals surface area contributed by atoms with E-state index in [0.29, 0.717) is 52.2 Å². The highest BCUT2D eigenvalue weighted by Crippen LogP contribution is 2.46. The molecule has 3 aromatic carbocycles. The number of Topliss-reactive ketones (excluding diaryl/α,β-unsaturated/α-hetero) is 1. The summed E-state index contributed by atoms with van der Waals surface area (Å²) >= 11 is 0. The lowest BCUT2D eigenvalue weighted by Gasteiger charge is -2.39. The van der Waals surface area contributed by atoms with Crippen LogP contribution in [0.2, 0.25) is 0 Å². The molecule has 2 saturated heterocycles. The van der Waals surface area contributed by atoms with Crippen LogP contribution < -0.4 is 25.8 Å². The molecule has 3 aliphatic rings. The molecular formula is C44H58N7O6+. The zero-order valence-electron chi connectivity index (χ0n) is 33.5. The summed E-state index contributed by atoms with van der Waals surface area (Å²) in [4.78, 5) is 63.5. The number of carbonyl (C=O) groups is 4. The fourth-order valence-corrected chi connectivity index (χ4v) is 8.31. The van der Waals surface area contributed by atoms with Gasteiger partial charge in [0.05, 0.1) is 43.7 Å². The highest BCUT2D eigenvalue weighted by Gasteiger charge is 2.44. The van der Waals surface area contributed by atoms with E-state index in [1.807, 2.05) is 82.8 Å². The zero-order valence-corrected chi connectivity index (χ0v) is 33.5. The molecule has 57 heavy (non-hydrogen) atoms. The number of nitrogens with two attached hydrogens (primary N) is 1. The number of rotatable bonds is 15. The number of likely N-dealkylation sites (tertiary alicyclic amines) is 1. The van der Waals surface area contributed by atoms with Gasteiger partial charge in [0, 0.05) is 52.1 Å². The first-order valence-electron chi connectivity index (χ1n) is 20.0. The Morgan fingerprint density at radius 3 is 2.46 bits per heavy atom. The Kier molecular flexibility index (Phi) is 13.5. The van der Waals surface area contributed by atoms with Gasteiger partial charge in [0.15, 0.2) is 5.78 Å². The number of aromatic hydroxyl groups is 1. The van der Waals surface area contributed by atoms with Crippen molar-refractivity contribution < 1.29 is 34.3 Å². The van der Waals surface area contributed by atoms with Crippen molar-refractivity contribution in [3.8, 4) is 5.75 Å². The third kappa shape index (κ3) is 10.1. The van der Waals surface area contributed by atoms with Crippen LogP contribution in [0, 0.1) is 11.8 Å². The largest absolute Gasteiger partial charge is 0.508 e. The van der Waals surface area contributed by atoms with E-state index in [1.54, 1.807) is 18.2 Å². The number of urea groups is 1. The van der Waals surface area contributed by atoms with Crippen molar-refractivity contribution in [1.82, 2.24) is 20.4 Å². The molecule has 6 rings (SSSR count). The van der Waals surface area contributed by atoms with E-state index in [1.165, 1.54) is 0 Å². The van der Waals surface area contributed by atoms with Crippen LogP contribution in [-0.2, 0) is 38.6 Å². The summed E-state index contributed by atoms with van der Waals surface area (Å²) in [5.41, 5.74) is 4.08. The minimum atomic E-state index is -0.542. The third-order valence-electron chi connectivity index (χ3n) is 11.7. The van der Waals surface area contributed by atoms with Crippen molar-refractivity contribution >= 4 is 35.0 Å². The number of benzene rings is 3. The maximum Gasteiger partial charge on any atom is 0.315 e. The van der Waals surface area contributed by atoms with Crippen molar-refractivity contribution in [3.05, 3.63) is 102 Å². The van der Waals surface area contributed by atoms with Crippen LogP contribution in [0.4, 0.5) is 16.2 Å². The molecule has 1 unspecified atom stereocenters. The Balaban J connectivity index is 1.31. The van der Waals surface area contributed by atoms with Crippen LogP contribution in [0.25, 0.3) is 0 Å². The summed E-state index contributed by atoms with van der Waals surface area (Å²) in [6.45, 7) is 12.0. The molecule has 2 fully saturated rings. The van der Waals surface area contributed by atoms with Gasteiger partial charge in [-0.3, -0.25) is 14.4 Å². The number of phenols is 1. The average Bonchev–Trinajstić information content (AvgIpc) is 3.32. The van der Waals surface area contributed by atoms with Crippen LogP contribution in [-0.4, -0.2) is 110 Å². The van der Waals surface area contributed by atoms with Crippen molar-refractivity contribution in [2.75, 3.05) is 69.3 Å². The van der Waals surface area contributed by atoms with Crippen LogP contribution in [0.3, 0.4) is 0 Å². The van der Waals surface area contributed by atoms with Gasteiger partial charge in [-0.05, 0) is 73.6 Å². The minimum absolute atomic E-state index is 0.0408. The van der Waals surface area contributed by atoms with Crippen molar-refractivity contribution in [1.29, 1.82) is 0 Å². The number of anilines is 2. The van der Waals surface area contributed by atoms with E-state index < -0.39 is 17.6 Å². The lowest BCUT2D eigenvalue weighted by Crippen LogP contribution is -2.85. The van der Waals surface area contributed by atoms with Crippen LogP contribution in [0.5, 0.6) is 5.75 Å². The first kappa shape index (κ1) is 41.2. The van der Waals surface area contributed by atoms with Gasteiger partial charge in [-0.15, -0.1) is 0 Å². The summed E-state index contributed by atoms with van der Waals surface area (Å²) < 4.78 is 5.48. The van der Waals surface area contributed by atoms with Crippen molar-refractivity contribution in [2.24, 2.45) is 11.8 Å². The van der Waals surface area contributed by atoms with E-state index >= 15 is 0 Å². The van der Waals surface area contributed by atoms with Crippen molar-refractivity contribution in [3.63, 3.8) is 0 Å². The fraction of sp³-hybridized carbons (Fsp3) is 0.455. The maximum absolute atomic E-state index is 14.9. The molecule has 0 radical (unpaired) electrons. The topological polar surface area (TPSA) is 151 Å². The van der Waals surface area contributed by atoms with Gasteiger partial charge in [0.2, 0.25) is 11.8 Å². The van der Waals surface area contributed by atoms with E-state index in [4.69, 9.17) is 4.74 Å². The van der Waals surface area contributed by atoms with Gasteiger partial charge < -0.3 is 45.4 Å². The molecule has 0 bridgehead atoms. The first-order chi connectivity index (χ1) is 27.4. The van der Waals surface area contributed by atoms with E-state index in [2.05, 4.69) is 40.9 Å². The molecule has 0 spiro atoms. The summed E-state index contributed by atoms with van der Waals surface area (Å²) in [6.07, 6.45) is 2.76. The number of ether oxygens (including phenoxy) is 1. The van der Waals surface area contributed by atoms with E-state index in [0.717, 1.165) is 28.1 Å². The standard InChI is InChI=1S/C44H57N7O6/c1-5-18-45-27-37(53)25-34-24-35(23-31-14-16-36(52)17-15-31)42(55)50(29-38(34)47-43(56)46-26-32-10-7-6-8-11-32)28-33-12-9-13-39-41(33)48(4)44(2,3)51(39)30-40(54)49-19-21-57-22-20-49/h5-17,34-35,38,45,52H,1,18-30H2,2-4H3,(H2,46,47,56)/p+1/t34?,35-,38+/m1/s1. The van der Waals surface area contributed by atoms with Crippen LogP contribution in [0.1, 0.15) is 43.4 Å². The average molecular weight is 781 g/mol. The summed E-state index contributed by atoms with van der Waals surface area (Å²) in [7, 11) is 2.02. The molecule has 0 aliphatic carbocycles. The molecule has 3 aromatic rings. The molecule has 3 atom stereocenters. The Morgan fingerprint density at radius 2 is 1.74 bits per heavy atom.